The summed E-state index contributed by atoms with van der Waals surface area (Å²) in [4.78, 5) is 6.95. The van der Waals surface area contributed by atoms with Gasteiger partial charge in [-0.05, 0) is 42.9 Å². The highest BCUT2D eigenvalue weighted by Crippen LogP contribution is 2.31. The van der Waals surface area contributed by atoms with E-state index in [0.717, 1.165) is 49.6 Å². The van der Waals surface area contributed by atoms with E-state index in [4.69, 9.17) is 4.98 Å². The number of hydrogen-bond donors (Lipinski definition) is 0. The number of piperidine rings is 1. The van der Waals surface area contributed by atoms with Crippen molar-refractivity contribution in [1.82, 2.24) is 4.98 Å². The molecule has 0 saturated carbocycles. The zero-order valence-electron chi connectivity index (χ0n) is 13.7. The molecular formula is C21H21N2O. The number of hydrogen-bond acceptors (Lipinski definition) is 2. The zero-order valence-corrected chi connectivity index (χ0v) is 13.7. The third-order valence-corrected chi connectivity index (χ3v) is 4.97. The molecule has 0 spiro atoms. The zero-order chi connectivity index (χ0) is 16.4. The number of rotatable bonds is 3. The van der Waals surface area contributed by atoms with Crippen LogP contribution in [0, 0.1) is 5.92 Å². The lowest BCUT2D eigenvalue weighted by molar-refractivity contribution is 0.359. The minimum atomic E-state index is 0.0713. The predicted octanol–water partition coefficient (Wildman–Crippen LogP) is 4.84. The smallest absolute Gasteiger partial charge is 0.191 e. The van der Waals surface area contributed by atoms with Crippen molar-refractivity contribution in [3.05, 3.63) is 66.2 Å². The molecule has 2 heterocycles. The van der Waals surface area contributed by atoms with Crippen LogP contribution in [-0.4, -0.2) is 18.1 Å². The van der Waals surface area contributed by atoms with Gasteiger partial charge in [-0.1, -0.05) is 42.5 Å². The van der Waals surface area contributed by atoms with Crippen LogP contribution in [0.15, 0.2) is 60.7 Å². The molecule has 1 aromatic heterocycles. The van der Waals surface area contributed by atoms with Gasteiger partial charge in [0, 0.05) is 24.5 Å². The predicted molar refractivity (Wildman–Crippen MR) is 97.0 cm³/mol. The van der Waals surface area contributed by atoms with Crippen LogP contribution in [-0.2, 0) is 11.5 Å². The number of aromatic nitrogens is 1. The van der Waals surface area contributed by atoms with Gasteiger partial charge in [-0.2, -0.15) is 0 Å². The SMILES string of the molecule is [O]c1cc(N2CCC(Cc3ccccc3)CC2)nc2ccccc12. The van der Waals surface area contributed by atoms with E-state index in [1.807, 2.05) is 24.3 Å². The molecule has 1 fully saturated rings. The fraction of sp³-hybridized carbons (Fsp3) is 0.286. The second-order valence-electron chi connectivity index (χ2n) is 6.62. The summed E-state index contributed by atoms with van der Waals surface area (Å²) in [6.07, 6.45) is 3.45. The first-order valence-corrected chi connectivity index (χ1v) is 8.65. The van der Waals surface area contributed by atoms with Gasteiger partial charge >= 0.3 is 0 Å². The van der Waals surface area contributed by atoms with Gasteiger partial charge in [-0.25, -0.2) is 4.98 Å². The molecule has 2 aromatic carbocycles. The third kappa shape index (κ3) is 3.07. The molecule has 24 heavy (non-hydrogen) atoms. The van der Waals surface area contributed by atoms with Crippen LogP contribution in [0.25, 0.3) is 10.9 Å². The quantitative estimate of drug-likeness (QED) is 0.693. The molecule has 1 aliphatic heterocycles. The molecule has 0 unspecified atom stereocenters. The van der Waals surface area contributed by atoms with Gasteiger partial charge in [0.2, 0.25) is 0 Å². The molecule has 1 saturated heterocycles. The van der Waals surface area contributed by atoms with Crippen LogP contribution in [0.3, 0.4) is 0 Å². The van der Waals surface area contributed by atoms with Crippen molar-refractivity contribution in [2.24, 2.45) is 5.92 Å². The number of anilines is 1. The minimum absolute atomic E-state index is 0.0713. The van der Waals surface area contributed by atoms with Crippen LogP contribution in [0.5, 0.6) is 5.75 Å². The molecule has 0 aliphatic carbocycles. The van der Waals surface area contributed by atoms with E-state index in [2.05, 4.69) is 35.2 Å². The monoisotopic (exact) mass is 317 g/mol. The van der Waals surface area contributed by atoms with Crippen molar-refractivity contribution in [2.75, 3.05) is 18.0 Å². The Kier molecular flexibility index (Phi) is 4.08. The Hall–Kier alpha value is -2.55. The van der Waals surface area contributed by atoms with Crippen molar-refractivity contribution in [1.29, 1.82) is 0 Å². The van der Waals surface area contributed by atoms with Crippen LogP contribution >= 0.6 is 0 Å². The van der Waals surface area contributed by atoms with E-state index < -0.39 is 0 Å². The molecule has 3 aromatic rings. The first-order valence-electron chi connectivity index (χ1n) is 8.65. The molecule has 1 aliphatic rings. The normalized spacial score (nSPS) is 15.8. The first kappa shape index (κ1) is 15.0. The summed E-state index contributed by atoms with van der Waals surface area (Å²) in [6.45, 7) is 1.95. The Balaban J connectivity index is 1.46. The highest BCUT2D eigenvalue weighted by molar-refractivity contribution is 5.86. The number of fused-ring (bicyclic) bond motifs is 1. The molecule has 4 rings (SSSR count). The Morgan fingerprint density at radius 2 is 1.67 bits per heavy atom. The van der Waals surface area contributed by atoms with Crippen molar-refractivity contribution in [3.63, 3.8) is 0 Å². The fourth-order valence-electron chi connectivity index (χ4n) is 3.61. The van der Waals surface area contributed by atoms with E-state index in [0.29, 0.717) is 5.39 Å². The summed E-state index contributed by atoms with van der Waals surface area (Å²) in [5.74, 6) is 1.62. The third-order valence-electron chi connectivity index (χ3n) is 4.97. The summed E-state index contributed by atoms with van der Waals surface area (Å²) in [5.41, 5.74) is 2.22. The fourth-order valence-corrected chi connectivity index (χ4v) is 3.61. The second-order valence-corrected chi connectivity index (χ2v) is 6.62. The standard InChI is InChI=1S/C21H21N2O/c24-20-15-21(22-19-9-5-4-8-18(19)20)23-12-10-17(11-13-23)14-16-6-2-1-3-7-16/h1-9,15,17H,10-14H2. The lowest BCUT2D eigenvalue weighted by atomic mass is 9.90. The average molecular weight is 317 g/mol. The van der Waals surface area contributed by atoms with Crippen molar-refractivity contribution in [3.8, 4) is 5.75 Å². The average Bonchev–Trinajstić information content (AvgIpc) is 2.63. The van der Waals surface area contributed by atoms with E-state index in [1.165, 1.54) is 5.56 Å². The number of para-hydroxylation sites is 1. The van der Waals surface area contributed by atoms with Crippen LogP contribution in [0.4, 0.5) is 5.82 Å². The lowest BCUT2D eigenvalue weighted by Crippen LogP contribution is -2.34. The summed E-state index contributed by atoms with van der Waals surface area (Å²) in [6, 6.07) is 20.0. The molecule has 0 N–H and O–H groups in total. The van der Waals surface area contributed by atoms with E-state index in [1.54, 1.807) is 6.07 Å². The van der Waals surface area contributed by atoms with E-state index >= 15 is 0 Å². The lowest BCUT2D eigenvalue weighted by Gasteiger charge is -2.33. The summed E-state index contributed by atoms with van der Waals surface area (Å²) < 4.78 is 0. The molecule has 3 heteroatoms. The number of pyridine rings is 1. The Labute approximate surface area is 142 Å². The summed E-state index contributed by atoms with van der Waals surface area (Å²) in [5, 5.41) is 13.0. The molecule has 3 nitrogen and oxygen atoms in total. The van der Waals surface area contributed by atoms with Crippen molar-refractivity contribution >= 4 is 16.7 Å². The van der Waals surface area contributed by atoms with Gasteiger partial charge in [0.1, 0.15) is 5.82 Å². The van der Waals surface area contributed by atoms with Gasteiger partial charge in [0.15, 0.2) is 5.75 Å². The van der Waals surface area contributed by atoms with Crippen LogP contribution in [0.2, 0.25) is 0 Å². The summed E-state index contributed by atoms with van der Waals surface area (Å²) in [7, 11) is 0. The van der Waals surface area contributed by atoms with E-state index in [9.17, 15) is 5.11 Å². The van der Waals surface area contributed by atoms with Crippen LogP contribution < -0.4 is 4.90 Å². The molecule has 0 bridgehead atoms. The van der Waals surface area contributed by atoms with Gasteiger partial charge in [-0.15, -0.1) is 0 Å². The van der Waals surface area contributed by atoms with Crippen molar-refractivity contribution in [2.45, 2.75) is 19.3 Å². The Bertz CT molecular complexity index is 824. The number of benzene rings is 2. The highest BCUT2D eigenvalue weighted by atomic mass is 16.3. The van der Waals surface area contributed by atoms with Gasteiger partial charge < -0.3 is 4.90 Å². The number of nitrogens with zero attached hydrogens (tertiary/aromatic N) is 2. The second kappa shape index (κ2) is 6.52. The first-order chi connectivity index (χ1) is 11.8. The van der Waals surface area contributed by atoms with Crippen LogP contribution in [0.1, 0.15) is 18.4 Å². The van der Waals surface area contributed by atoms with Crippen molar-refractivity contribution < 1.29 is 5.11 Å². The molecule has 0 amide bonds. The minimum Gasteiger partial charge on any atom is -0.356 e. The molecule has 0 atom stereocenters. The topological polar surface area (TPSA) is 36.0 Å². The summed E-state index contributed by atoms with van der Waals surface area (Å²) >= 11 is 0. The van der Waals surface area contributed by atoms with E-state index in [-0.39, 0.29) is 5.75 Å². The van der Waals surface area contributed by atoms with Gasteiger partial charge in [-0.3, -0.25) is 5.11 Å². The maximum atomic E-state index is 12.3. The Morgan fingerprint density at radius 1 is 0.958 bits per heavy atom. The molecular weight excluding hydrogens is 296 g/mol. The molecule has 1 radical (unpaired) electrons. The van der Waals surface area contributed by atoms with Gasteiger partial charge in [0.05, 0.1) is 5.52 Å². The maximum absolute atomic E-state index is 12.3. The largest absolute Gasteiger partial charge is 0.356 e. The highest BCUT2D eigenvalue weighted by Gasteiger charge is 2.21. The maximum Gasteiger partial charge on any atom is 0.191 e. The van der Waals surface area contributed by atoms with Gasteiger partial charge in [0.25, 0.3) is 0 Å². The molecule has 121 valence electrons. The Morgan fingerprint density at radius 3 is 2.46 bits per heavy atom.